The zero-order chi connectivity index (χ0) is 29.5. The van der Waals surface area contributed by atoms with Gasteiger partial charge in [-0.3, -0.25) is 4.79 Å². The number of nitrogens with zero attached hydrogens (tertiary/aromatic N) is 1. The fraction of sp³-hybridized carbons (Fsp3) is 0.559. The summed E-state index contributed by atoms with van der Waals surface area (Å²) < 4.78 is 36.2. The van der Waals surface area contributed by atoms with Gasteiger partial charge in [0.25, 0.3) is 5.91 Å². The van der Waals surface area contributed by atoms with Crippen LogP contribution in [-0.2, 0) is 21.9 Å². The minimum absolute atomic E-state index is 0.0880. The number of benzene rings is 2. The molecule has 0 aromatic heterocycles. The molecule has 4 aliphatic rings. The van der Waals surface area contributed by atoms with Crippen LogP contribution in [0.1, 0.15) is 86.7 Å². The third kappa shape index (κ3) is 5.71. The Kier molecular flexibility index (Phi) is 8.36. The van der Waals surface area contributed by atoms with Gasteiger partial charge in [0.1, 0.15) is 5.75 Å². The summed E-state index contributed by atoms with van der Waals surface area (Å²) in [5.41, 5.74) is 3.63. The zero-order valence-corrected chi connectivity index (χ0v) is 26.4. The number of anilines is 1. The fourth-order valence-corrected chi connectivity index (χ4v) is 9.57. The van der Waals surface area contributed by atoms with E-state index in [1.165, 1.54) is 11.1 Å². The van der Waals surface area contributed by atoms with Gasteiger partial charge in [0.2, 0.25) is 10.0 Å². The molecule has 2 bridgehead atoms. The van der Waals surface area contributed by atoms with Crippen LogP contribution in [0.4, 0.5) is 5.69 Å². The molecule has 1 spiro atoms. The molecule has 6 rings (SSSR count). The minimum Gasteiger partial charge on any atom is -0.490 e. The molecule has 2 aliphatic heterocycles. The van der Waals surface area contributed by atoms with Gasteiger partial charge in [-0.15, -0.1) is 0 Å². The molecule has 0 unspecified atom stereocenters. The summed E-state index contributed by atoms with van der Waals surface area (Å²) in [6, 6.07) is 11.7. The molecule has 1 fully saturated rings. The van der Waals surface area contributed by atoms with E-state index >= 15 is 0 Å². The third-order valence-electron chi connectivity index (χ3n) is 10.2. The first kappa shape index (κ1) is 29.6. The molecule has 0 radical (unpaired) electrons. The van der Waals surface area contributed by atoms with E-state index in [4.69, 9.17) is 16.3 Å². The zero-order valence-electron chi connectivity index (χ0n) is 24.8. The van der Waals surface area contributed by atoms with Crippen molar-refractivity contribution in [3.63, 3.8) is 0 Å². The van der Waals surface area contributed by atoms with Crippen LogP contribution in [0.5, 0.6) is 5.75 Å². The largest absolute Gasteiger partial charge is 0.490 e. The minimum atomic E-state index is -3.86. The van der Waals surface area contributed by atoms with Crippen LogP contribution < -0.4 is 14.4 Å². The van der Waals surface area contributed by atoms with Crippen molar-refractivity contribution in [2.24, 2.45) is 17.8 Å². The molecule has 2 aliphatic carbocycles. The number of unbranched alkanes of at least 4 members (excludes halogenated alkanes) is 1. The lowest BCUT2D eigenvalue weighted by molar-refractivity contribution is 0.0980. The van der Waals surface area contributed by atoms with E-state index < -0.39 is 21.2 Å². The van der Waals surface area contributed by atoms with Crippen LogP contribution >= 0.6 is 11.6 Å². The maximum Gasteiger partial charge on any atom is 0.264 e. The quantitative estimate of drug-likeness (QED) is 0.377. The number of fused-ring (bicyclic) bond motifs is 4. The first-order chi connectivity index (χ1) is 20.2. The molecule has 42 heavy (non-hydrogen) atoms. The van der Waals surface area contributed by atoms with Crippen molar-refractivity contribution in [1.82, 2.24) is 4.72 Å². The Hall–Kier alpha value is -2.51. The maximum absolute atomic E-state index is 13.6. The molecule has 1 N–H and O–H groups in total. The highest BCUT2D eigenvalue weighted by Gasteiger charge is 2.43. The highest BCUT2D eigenvalue weighted by atomic mass is 35.5. The lowest BCUT2D eigenvalue weighted by Gasteiger charge is -2.44. The van der Waals surface area contributed by atoms with Crippen LogP contribution in [0.3, 0.4) is 0 Å². The Bertz CT molecular complexity index is 1470. The Morgan fingerprint density at radius 2 is 2.02 bits per heavy atom. The first-order valence-electron chi connectivity index (χ1n) is 15.7. The Balaban J connectivity index is 1.40. The van der Waals surface area contributed by atoms with E-state index in [0.29, 0.717) is 36.8 Å². The molecular weight excluding hydrogens is 568 g/mol. The van der Waals surface area contributed by atoms with Gasteiger partial charge in [-0.25, -0.2) is 13.1 Å². The molecular formula is C34H43ClN2O4S. The van der Waals surface area contributed by atoms with E-state index in [1.807, 2.05) is 25.1 Å². The molecule has 1 saturated carbocycles. The van der Waals surface area contributed by atoms with Crippen molar-refractivity contribution >= 4 is 33.2 Å². The van der Waals surface area contributed by atoms with Crippen molar-refractivity contribution in [3.05, 3.63) is 70.3 Å². The van der Waals surface area contributed by atoms with Crippen LogP contribution in [0.2, 0.25) is 5.02 Å². The number of carbonyl (C=O) groups excluding carboxylic acids is 1. The molecule has 2 heterocycles. The number of amides is 1. The second-order valence-corrected chi connectivity index (χ2v) is 15.4. The average molecular weight is 611 g/mol. The summed E-state index contributed by atoms with van der Waals surface area (Å²) in [7, 11) is -3.86. The van der Waals surface area contributed by atoms with E-state index in [0.717, 1.165) is 74.5 Å². The monoisotopic (exact) mass is 610 g/mol. The Morgan fingerprint density at radius 3 is 2.81 bits per heavy atom. The number of carbonyl (C=O) groups is 1. The predicted molar refractivity (Wildman–Crippen MR) is 169 cm³/mol. The van der Waals surface area contributed by atoms with Crippen molar-refractivity contribution in [2.75, 3.05) is 24.6 Å². The van der Waals surface area contributed by atoms with Crippen molar-refractivity contribution < 1.29 is 17.9 Å². The SMILES string of the molecule is CCCC[C@@H]1[C@H](C)C/C=C\[C@@H]2CC[C@H]2CN2C[C@@]3(CCCc4cc(Cl)ccc43)COc3ccc(cc32)C(=O)NS1(=O)=O. The number of hydrogen-bond donors (Lipinski definition) is 1. The van der Waals surface area contributed by atoms with Crippen LogP contribution in [0.25, 0.3) is 0 Å². The lowest BCUT2D eigenvalue weighted by atomic mass is 9.69. The van der Waals surface area contributed by atoms with Gasteiger partial charge in [-0.2, -0.15) is 0 Å². The summed E-state index contributed by atoms with van der Waals surface area (Å²) in [5, 5.41) is 0.146. The van der Waals surface area contributed by atoms with Crippen LogP contribution in [0, 0.1) is 17.8 Å². The van der Waals surface area contributed by atoms with Gasteiger partial charge < -0.3 is 9.64 Å². The predicted octanol–water partition coefficient (Wildman–Crippen LogP) is 7.05. The maximum atomic E-state index is 13.6. The van der Waals surface area contributed by atoms with Gasteiger partial charge in [0.05, 0.1) is 17.5 Å². The van der Waals surface area contributed by atoms with Crippen LogP contribution in [0.15, 0.2) is 48.6 Å². The standard InChI is InChI=1S/C34H43ClN2O4S/c1-3-4-10-32-23(2)7-5-8-24-11-12-27(24)20-37-21-34(17-6-9-25-18-28(35)14-15-29(25)34)22-41-31-16-13-26(19-30(31)37)33(38)36-42(32,39)40/h5,8,13-16,18-19,23-24,27,32H,3-4,6-7,9-12,17,20-22H2,1-2H3,(H,36,38)/b8-5-/t23-,24-,27+,32-,34+/m1/s1. The van der Waals surface area contributed by atoms with E-state index in [1.54, 1.807) is 6.07 Å². The number of halogens is 1. The van der Waals surface area contributed by atoms with Crippen molar-refractivity contribution in [3.8, 4) is 5.75 Å². The first-order valence-corrected chi connectivity index (χ1v) is 17.6. The average Bonchev–Trinajstić information content (AvgIpc) is 3.09. The number of aryl methyl sites for hydroxylation is 1. The van der Waals surface area contributed by atoms with E-state index in [2.05, 4.69) is 40.8 Å². The highest BCUT2D eigenvalue weighted by molar-refractivity contribution is 7.90. The second kappa shape index (κ2) is 11.9. The van der Waals surface area contributed by atoms with Gasteiger partial charge in [-0.1, -0.05) is 56.5 Å². The van der Waals surface area contributed by atoms with Gasteiger partial charge >= 0.3 is 0 Å². The van der Waals surface area contributed by atoms with E-state index in [-0.39, 0.29) is 11.3 Å². The number of hydrogen-bond acceptors (Lipinski definition) is 5. The van der Waals surface area contributed by atoms with Gasteiger partial charge in [0.15, 0.2) is 0 Å². The summed E-state index contributed by atoms with van der Waals surface area (Å²) in [4.78, 5) is 15.9. The molecule has 6 nitrogen and oxygen atoms in total. The summed E-state index contributed by atoms with van der Waals surface area (Å²) in [6.45, 7) is 6.26. The Morgan fingerprint density at radius 1 is 1.17 bits per heavy atom. The molecule has 2 aromatic carbocycles. The van der Waals surface area contributed by atoms with Crippen molar-refractivity contribution in [1.29, 1.82) is 0 Å². The number of sulfonamides is 1. The fourth-order valence-electron chi connectivity index (χ4n) is 7.65. The smallest absolute Gasteiger partial charge is 0.264 e. The van der Waals surface area contributed by atoms with Gasteiger partial charge in [0, 0.05) is 29.1 Å². The summed E-state index contributed by atoms with van der Waals surface area (Å²) in [5.74, 6) is 1.05. The number of allylic oxidation sites excluding steroid dienone is 2. The Labute approximate surface area is 255 Å². The second-order valence-electron chi connectivity index (χ2n) is 13.1. The molecule has 226 valence electrons. The summed E-state index contributed by atoms with van der Waals surface area (Å²) in [6.07, 6.45) is 12.9. The third-order valence-corrected chi connectivity index (χ3v) is 12.4. The van der Waals surface area contributed by atoms with Gasteiger partial charge in [-0.05, 0) is 104 Å². The molecule has 8 heteroatoms. The summed E-state index contributed by atoms with van der Waals surface area (Å²) >= 11 is 6.40. The number of rotatable bonds is 3. The van der Waals surface area contributed by atoms with Crippen LogP contribution in [-0.4, -0.2) is 39.3 Å². The van der Waals surface area contributed by atoms with Crippen molar-refractivity contribution in [2.45, 2.75) is 82.3 Å². The lowest BCUT2D eigenvalue weighted by Crippen LogP contribution is -2.48. The molecule has 2 aromatic rings. The normalized spacial score (nSPS) is 31.2. The topological polar surface area (TPSA) is 75.7 Å². The number of nitrogens with one attached hydrogen (secondary N) is 1. The molecule has 1 amide bonds. The van der Waals surface area contributed by atoms with E-state index in [9.17, 15) is 13.2 Å². The molecule has 5 atom stereocenters. The molecule has 0 saturated heterocycles. The number of ether oxygens (including phenoxy) is 1. The highest BCUT2D eigenvalue weighted by Crippen LogP contribution is 2.46.